The molecule has 9 heteroatoms. The van der Waals surface area contributed by atoms with E-state index in [4.69, 9.17) is 16.3 Å². The number of fused-ring (bicyclic) bond motifs is 1. The maximum atomic E-state index is 13.8. The summed E-state index contributed by atoms with van der Waals surface area (Å²) >= 11 is 5.88. The Balaban J connectivity index is 1.28. The number of carbonyl (C=O) groups excluding carboxylic acids is 3. The number of nitrogens with one attached hydrogen (secondary N) is 2. The van der Waals surface area contributed by atoms with Crippen LogP contribution in [0.2, 0.25) is 5.02 Å². The third kappa shape index (κ3) is 3.59. The summed E-state index contributed by atoms with van der Waals surface area (Å²) < 4.78 is 19.9. The normalized spacial score (nSPS) is 38.8. The monoisotopic (exact) mass is 515 g/mol. The smallest absolute Gasteiger partial charge is 0.246 e. The minimum absolute atomic E-state index is 0.00778. The molecule has 2 saturated carbocycles. The van der Waals surface area contributed by atoms with Gasteiger partial charge in [0, 0.05) is 17.8 Å². The predicted molar refractivity (Wildman–Crippen MR) is 132 cm³/mol. The molecule has 2 N–H and O–H groups in total. The van der Waals surface area contributed by atoms with Crippen molar-refractivity contribution in [1.29, 1.82) is 0 Å². The van der Waals surface area contributed by atoms with Gasteiger partial charge in [0.1, 0.15) is 17.5 Å². The molecule has 7 nitrogen and oxygen atoms in total. The number of amides is 3. The Bertz CT molecular complexity index is 1160. The van der Waals surface area contributed by atoms with Crippen LogP contribution in [0, 0.1) is 29.5 Å². The lowest BCUT2D eigenvalue weighted by molar-refractivity contribution is -0.142. The van der Waals surface area contributed by atoms with E-state index in [1.54, 1.807) is 11.0 Å². The predicted octanol–water partition coefficient (Wildman–Crippen LogP) is 3.67. The Labute approximate surface area is 214 Å². The fourth-order valence-electron chi connectivity index (χ4n) is 6.80. The van der Waals surface area contributed by atoms with Gasteiger partial charge in [-0.2, -0.15) is 0 Å². The molecule has 1 spiro atoms. The van der Waals surface area contributed by atoms with Gasteiger partial charge < -0.3 is 20.3 Å². The van der Waals surface area contributed by atoms with Crippen molar-refractivity contribution >= 4 is 35.0 Å². The van der Waals surface area contributed by atoms with E-state index in [2.05, 4.69) is 24.5 Å². The Hall–Kier alpha value is -2.45. The molecule has 4 fully saturated rings. The third-order valence-corrected chi connectivity index (χ3v) is 9.31. The van der Waals surface area contributed by atoms with Crippen molar-refractivity contribution in [3.05, 3.63) is 41.2 Å². The van der Waals surface area contributed by atoms with Gasteiger partial charge in [0.05, 0.1) is 23.0 Å². The summed E-state index contributed by atoms with van der Waals surface area (Å²) in [6.07, 6.45) is 7.84. The number of likely N-dealkylation sites (tertiary alicyclic amines) is 1. The Morgan fingerprint density at radius 1 is 1.17 bits per heavy atom. The van der Waals surface area contributed by atoms with Gasteiger partial charge in [-0.3, -0.25) is 14.4 Å². The molecule has 8 unspecified atom stereocenters. The van der Waals surface area contributed by atoms with Crippen LogP contribution in [0.5, 0.6) is 0 Å². The van der Waals surface area contributed by atoms with Crippen molar-refractivity contribution in [1.82, 2.24) is 10.2 Å². The summed E-state index contributed by atoms with van der Waals surface area (Å²) in [5.74, 6) is -2.10. The van der Waals surface area contributed by atoms with Gasteiger partial charge in [0.25, 0.3) is 0 Å². The van der Waals surface area contributed by atoms with Crippen LogP contribution < -0.4 is 10.6 Å². The van der Waals surface area contributed by atoms with E-state index in [9.17, 15) is 18.8 Å². The molecule has 36 heavy (non-hydrogen) atoms. The molecule has 2 saturated heterocycles. The van der Waals surface area contributed by atoms with Crippen LogP contribution in [0.15, 0.2) is 30.4 Å². The molecule has 1 aromatic carbocycles. The van der Waals surface area contributed by atoms with E-state index < -0.39 is 41.3 Å². The van der Waals surface area contributed by atoms with Crippen molar-refractivity contribution in [2.45, 2.75) is 75.8 Å². The van der Waals surface area contributed by atoms with E-state index in [0.717, 1.165) is 32.1 Å². The molecule has 1 aromatic rings. The van der Waals surface area contributed by atoms with E-state index in [0.29, 0.717) is 17.5 Å². The lowest BCUT2D eigenvalue weighted by atomic mass is 9.73. The Morgan fingerprint density at radius 2 is 1.94 bits per heavy atom. The fourth-order valence-corrected chi connectivity index (χ4v) is 6.98. The number of hydrogen-bond donors (Lipinski definition) is 2. The van der Waals surface area contributed by atoms with Crippen LogP contribution in [-0.4, -0.2) is 52.5 Å². The molecule has 2 bridgehead atoms. The highest BCUT2D eigenvalue weighted by molar-refractivity contribution is 6.31. The van der Waals surface area contributed by atoms with E-state index in [-0.39, 0.29) is 28.9 Å². The highest BCUT2D eigenvalue weighted by Gasteiger charge is 2.74. The van der Waals surface area contributed by atoms with Crippen LogP contribution in [0.4, 0.5) is 10.1 Å². The van der Waals surface area contributed by atoms with Gasteiger partial charge in [-0.05, 0) is 49.3 Å². The van der Waals surface area contributed by atoms with Crippen molar-refractivity contribution in [3.8, 4) is 0 Å². The third-order valence-electron chi connectivity index (χ3n) is 9.02. The molecular formula is C27H31ClFN3O4. The molecule has 6 rings (SSSR count). The van der Waals surface area contributed by atoms with E-state index >= 15 is 0 Å². The van der Waals surface area contributed by atoms with Crippen molar-refractivity contribution in [3.63, 3.8) is 0 Å². The zero-order valence-electron chi connectivity index (χ0n) is 20.4. The average Bonchev–Trinajstić information content (AvgIpc) is 3.43. The number of rotatable bonds is 5. The van der Waals surface area contributed by atoms with Crippen LogP contribution in [-0.2, 0) is 19.1 Å². The minimum atomic E-state index is -1.17. The van der Waals surface area contributed by atoms with Gasteiger partial charge in [-0.1, -0.05) is 50.4 Å². The van der Waals surface area contributed by atoms with Gasteiger partial charge in [-0.15, -0.1) is 0 Å². The quantitative estimate of drug-likeness (QED) is 0.586. The molecule has 0 aromatic heterocycles. The second kappa shape index (κ2) is 8.55. The average molecular weight is 516 g/mol. The molecule has 2 aliphatic carbocycles. The SMILES string of the molecule is CC1CCCC(NC(=O)C2N(C3CC3)C(=O)C3C(C(=O)Nc4ccc(F)c(Cl)c4)C4C=CC32O4)C1C. The van der Waals surface area contributed by atoms with Gasteiger partial charge in [0.2, 0.25) is 17.7 Å². The molecule has 0 radical (unpaired) electrons. The molecule has 8 atom stereocenters. The van der Waals surface area contributed by atoms with Gasteiger partial charge in [0.15, 0.2) is 0 Å². The molecular weight excluding hydrogens is 485 g/mol. The minimum Gasteiger partial charge on any atom is -0.359 e. The van der Waals surface area contributed by atoms with Crippen LogP contribution >= 0.6 is 11.6 Å². The van der Waals surface area contributed by atoms with Crippen molar-refractivity contribution in [2.75, 3.05) is 5.32 Å². The second-order valence-corrected chi connectivity index (χ2v) is 11.6. The van der Waals surface area contributed by atoms with Crippen molar-refractivity contribution in [2.24, 2.45) is 23.7 Å². The maximum absolute atomic E-state index is 13.8. The summed E-state index contributed by atoms with van der Waals surface area (Å²) in [7, 11) is 0. The highest BCUT2D eigenvalue weighted by atomic mass is 35.5. The topological polar surface area (TPSA) is 87.7 Å². The Morgan fingerprint density at radius 3 is 2.67 bits per heavy atom. The summed E-state index contributed by atoms with van der Waals surface area (Å²) in [5.41, 5.74) is -0.827. The number of halogens is 2. The number of carbonyl (C=O) groups is 3. The molecule has 5 aliphatic rings. The largest absolute Gasteiger partial charge is 0.359 e. The Kier molecular flexibility index (Phi) is 5.68. The zero-order chi connectivity index (χ0) is 25.4. The van der Waals surface area contributed by atoms with Crippen LogP contribution in [0.1, 0.15) is 46.0 Å². The lowest BCUT2D eigenvalue weighted by Crippen LogP contribution is -2.58. The molecule has 3 aliphatic heterocycles. The van der Waals surface area contributed by atoms with Gasteiger partial charge in [-0.25, -0.2) is 4.39 Å². The van der Waals surface area contributed by atoms with Crippen molar-refractivity contribution < 1.29 is 23.5 Å². The first-order valence-electron chi connectivity index (χ1n) is 13.0. The highest BCUT2D eigenvalue weighted by Crippen LogP contribution is 2.57. The maximum Gasteiger partial charge on any atom is 0.246 e. The van der Waals surface area contributed by atoms with Crippen LogP contribution in [0.3, 0.4) is 0 Å². The first kappa shape index (κ1) is 23.9. The molecule has 3 heterocycles. The first-order valence-corrected chi connectivity index (χ1v) is 13.3. The molecule has 192 valence electrons. The molecule has 3 amide bonds. The standard InChI is InChI=1S/C27H31ClFN3O4/c1-13-4-3-5-19(14(13)2)31-25(34)23-27-11-10-20(36-27)21(22(27)26(35)32(23)16-7-8-16)24(33)30-15-6-9-18(29)17(28)12-15/h6,9-14,16,19-23H,3-5,7-8H2,1-2H3,(H,30,33)(H,31,34). The van der Waals surface area contributed by atoms with E-state index in [1.165, 1.54) is 18.2 Å². The van der Waals surface area contributed by atoms with E-state index in [1.807, 2.05) is 6.08 Å². The fraction of sp³-hybridized carbons (Fsp3) is 0.593. The summed E-state index contributed by atoms with van der Waals surface area (Å²) in [6.45, 7) is 4.39. The summed E-state index contributed by atoms with van der Waals surface area (Å²) in [5, 5.41) is 5.93. The second-order valence-electron chi connectivity index (χ2n) is 11.2. The number of nitrogens with zero attached hydrogens (tertiary/aromatic N) is 1. The summed E-state index contributed by atoms with van der Waals surface area (Å²) in [4.78, 5) is 42.8. The zero-order valence-corrected chi connectivity index (χ0v) is 21.1. The van der Waals surface area contributed by atoms with Crippen LogP contribution in [0.25, 0.3) is 0 Å². The lowest BCUT2D eigenvalue weighted by Gasteiger charge is -2.38. The number of hydrogen-bond acceptors (Lipinski definition) is 4. The van der Waals surface area contributed by atoms with Gasteiger partial charge >= 0.3 is 0 Å². The number of benzene rings is 1. The number of anilines is 1. The summed E-state index contributed by atoms with van der Waals surface area (Å²) in [6, 6.07) is 3.19. The first-order chi connectivity index (χ1) is 17.2. The number of ether oxygens (including phenoxy) is 1.